The number of hydrogen-bond acceptors (Lipinski definition) is 9. The van der Waals surface area contributed by atoms with Crippen LogP contribution in [0, 0.1) is 17.7 Å². The maximum atomic E-state index is 12.5. The van der Waals surface area contributed by atoms with Crippen molar-refractivity contribution in [3.63, 3.8) is 0 Å². The number of methoxy groups -OCH3 is 1. The highest BCUT2D eigenvalue weighted by Gasteiger charge is 2.21. The Morgan fingerprint density at radius 3 is 2.61 bits per heavy atom. The lowest BCUT2D eigenvalue weighted by Gasteiger charge is -2.11. The Morgan fingerprint density at radius 2 is 1.96 bits per heavy atom. The lowest BCUT2D eigenvalue weighted by atomic mass is 10.0. The van der Waals surface area contributed by atoms with Crippen LogP contribution in [0.15, 0.2) is 31.8 Å². The molecule has 0 spiro atoms. The molecule has 28 heavy (non-hydrogen) atoms. The van der Waals surface area contributed by atoms with E-state index in [1.165, 1.54) is 25.3 Å². The fraction of sp³-hybridized carbons (Fsp3) is 0.111. The first kappa shape index (κ1) is 17.3. The van der Waals surface area contributed by atoms with Gasteiger partial charge in [0, 0.05) is 12.1 Å². The summed E-state index contributed by atoms with van der Waals surface area (Å²) < 4.78 is 16.7. The van der Waals surface area contributed by atoms with Gasteiger partial charge in [-0.2, -0.15) is 5.10 Å². The third kappa shape index (κ3) is 2.42. The van der Waals surface area contributed by atoms with E-state index in [4.69, 9.17) is 35.9 Å². The average molecular weight is 380 g/mol. The molecule has 1 aromatic carbocycles. The predicted molar refractivity (Wildman–Crippen MR) is 103 cm³/mol. The summed E-state index contributed by atoms with van der Waals surface area (Å²) in [5.74, 6) is 0.800. The Kier molecular flexibility index (Phi) is 3.70. The van der Waals surface area contributed by atoms with Crippen LogP contribution in [0.2, 0.25) is 0 Å². The molecule has 4 rings (SSSR count). The van der Waals surface area contributed by atoms with Gasteiger partial charge in [0.1, 0.15) is 33.9 Å². The van der Waals surface area contributed by atoms with Gasteiger partial charge < -0.3 is 25.0 Å². The Balaban J connectivity index is 2.08. The van der Waals surface area contributed by atoms with Crippen molar-refractivity contribution in [2.45, 2.75) is 6.92 Å². The van der Waals surface area contributed by atoms with E-state index < -0.39 is 0 Å². The molecule has 7 N–H and O–H groups in total. The maximum Gasteiger partial charge on any atom is 0.221 e. The smallest absolute Gasteiger partial charge is 0.221 e. The van der Waals surface area contributed by atoms with Gasteiger partial charge in [-0.05, 0) is 13.0 Å². The molecule has 0 unspecified atom stereocenters. The molecule has 0 amide bonds. The summed E-state index contributed by atoms with van der Waals surface area (Å²) in [4.78, 5) is 12.5. The summed E-state index contributed by atoms with van der Waals surface area (Å²) >= 11 is 0. The van der Waals surface area contributed by atoms with Gasteiger partial charge in [0.15, 0.2) is 11.2 Å². The number of nitrogens with two attached hydrogens (primary N) is 2. The SMILES string of the molecule is COc1c2cc(C(=N)c3c(N)n[nH]c3N)c(=N)oc2cc2oc(C)cc(=O)c12. The van der Waals surface area contributed by atoms with Crippen LogP contribution in [0.3, 0.4) is 0 Å². The number of nitrogens with zero attached hydrogens (tertiary/aromatic N) is 1. The highest BCUT2D eigenvalue weighted by Crippen LogP contribution is 2.33. The highest BCUT2D eigenvalue weighted by molar-refractivity contribution is 6.17. The Labute approximate surface area is 156 Å². The number of fused-ring (bicyclic) bond motifs is 2. The number of benzene rings is 1. The highest BCUT2D eigenvalue weighted by atomic mass is 16.5. The van der Waals surface area contributed by atoms with E-state index in [2.05, 4.69) is 10.2 Å². The molecule has 0 saturated heterocycles. The summed E-state index contributed by atoms with van der Waals surface area (Å²) in [7, 11) is 1.42. The average Bonchev–Trinajstić information content (AvgIpc) is 2.97. The van der Waals surface area contributed by atoms with Crippen LogP contribution in [0.4, 0.5) is 11.6 Å². The lowest BCUT2D eigenvalue weighted by molar-refractivity contribution is 0.421. The van der Waals surface area contributed by atoms with Crippen molar-refractivity contribution in [2.24, 2.45) is 0 Å². The molecule has 0 saturated carbocycles. The van der Waals surface area contributed by atoms with Gasteiger partial charge in [-0.1, -0.05) is 0 Å². The molecule has 10 nitrogen and oxygen atoms in total. The zero-order chi connectivity index (χ0) is 20.2. The molecule has 3 aromatic heterocycles. The third-order valence-electron chi connectivity index (χ3n) is 4.39. The number of nitrogen functional groups attached to an aromatic ring is 2. The number of H-pyrrole nitrogens is 1. The quantitative estimate of drug-likeness (QED) is 0.264. The molecule has 0 fully saturated rings. The molecule has 0 aliphatic carbocycles. The molecular weight excluding hydrogens is 364 g/mol. The van der Waals surface area contributed by atoms with E-state index >= 15 is 0 Å². The fourth-order valence-electron chi connectivity index (χ4n) is 3.16. The fourth-order valence-corrected chi connectivity index (χ4v) is 3.16. The van der Waals surface area contributed by atoms with Crippen LogP contribution in [0.1, 0.15) is 16.9 Å². The van der Waals surface area contributed by atoms with E-state index in [1.807, 2.05) is 0 Å². The second-order valence-electron chi connectivity index (χ2n) is 6.18. The van der Waals surface area contributed by atoms with Gasteiger partial charge >= 0.3 is 0 Å². The molecule has 4 aromatic rings. The first-order valence-corrected chi connectivity index (χ1v) is 8.14. The van der Waals surface area contributed by atoms with Gasteiger partial charge in [-0.25, -0.2) is 0 Å². The van der Waals surface area contributed by atoms with Crippen LogP contribution in [-0.2, 0) is 0 Å². The number of ether oxygens (including phenoxy) is 1. The van der Waals surface area contributed by atoms with Crippen molar-refractivity contribution in [1.29, 1.82) is 10.8 Å². The zero-order valence-electron chi connectivity index (χ0n) is 15.0. The minimum atomic E-state index is -0.283. The van der Waals surface area contributed by atoms with E-state index in [-0.39, 0.29) is 61.8 Å². The van der Waals surface area contributed by atoms with Crippen molar-refractivity contribution >= 4 is 39.3 Å². The monoisotopic (exact) mass is 380 g/mol. The van der Waals surface area contributed by atoms with E-state index in [9.17, 15) is 4.79 Å². The normalized spacial score (nSPS) is 11.2. The van der Waals surface area contributed by atoms with Gasteiger partial charge in [-0.3, -0.25) is 20.7 Å². The standard InChI is InChI=1S/C18H16N6O4/c1-6-3-9(25)12-11(27-6)5-10-7(15(12)26-2)4-8(18(22)28-10)14(19)13-16(20)23-24-17(13)21/h3-5,19,22H,1-2H3,(H5,20,21,23,24). The summed E-state index contributed by atoms with van der Waals surface area (Å²) in [6, 6.07) is 4.41. The molecule has 0 bridgehead atoms. The minimum Gasteiger partial charge on any atom is -0.495 e. The largest absolute Gasteiger partial charge is 0.495 e. The maximum absolute atomic E-state index is 12.5. The van der Waals surface area contributed by atoms with Gasteiger partial charge in [0.25, 0.3) is 0 Å². The van der Waals surface area contributed by atoms with Crippen LogP contribution >= 0.6 is 0 Å². The van der Waals surface area contributed by atoms with Crippen LogP contribution < -0.4 is 27.2 Å². The van der Waals surface area contributed by atoms with Crippen LogP contribution in [0.25, 0.3) is 21.9 Å². The second-order valence-corrected chi connectivity index (χ2v) is 6.18. The number of anilines is 2. The van der Waals surface area contributed by atoms with Gasteiger partial charge in [-0.15, -0.1) is 0 Å². The number of aryl methyl sites for hydroxylation is 1. The molecule has 10 heteroatoms. The molecule has 0 aliphatic rings. The Morgan fingerprint density at radius 1 is 1.21 bits per heavy atom. The summed E-state index contributed by atoms with van der Waals surface area (Å²) in [5.41, 5.74) is 11.7. The first-order chi connectivity index (χ1) is 13.3. The summed E-state index contributed by atoms with van der Waals surface area (Å²) in [5, 5.41) is 23.5. The van der Waals surface area contributed by atoms with Crippen molar-refractivity contribution in [3.05, 3.63) is 50.9 Å². The van der Waals surface area contributed by atoms with Crippen molar-refractivity contribution < 1.29 is 13.6 Å². The number of aromatic nitrogens is 2. The van der Waals surface area contributed by atoms with Crippen molar-refractivity contribution in [2.75, 3.05) is 18.6 Å². The molecular formula is C18H16N6O4. The minimum absolute atomic E-state index is 0.0311. The predicted octanol–water partition coefficient (Wildman–Crippen LogP) is 1.64. The van der Waals surface area contributed by atoms with Crippen LogP contribution in [-0.4, -0.2) is 23.0 Å². The molecule has 0 aliphatic heterocycles. The Hall–Kier alpha value is -4.08. The second kappa shape index (κ2) is 5.98. The van der Waals surface area contributed by atoms with E-state index in [0.29, 0.717) is 11.1 Å². The lowest BCUT2D eigenvalue weighted by Crippen LogP contribution is -2.17. The van der Waals surface area contributed by atoms with Gasteiger partial charge in [0.05, 0.1) is 29.3 Å². The van der Waals surface area contributed by atoms with E-state index in [0.717, 1.165) is 0 Å². The van der Waals surface area contributed by atoms with Gasteiger partial charge in [0.2, 0.25) is 5.55 Å². The number of rotatable bonds is 3. The molecule has 3 heterocycles. The number of aromatic amines is 1. The molecule has 0 atom stereocenters. The molecule has 0 radical (unpaired) electrons. The topological polar surface area (TPSA) is 181 Å². The summed E-state index contributed by atoms with van der Waals surface area (Å²) in [6.07, 6.45) is 0. The third-order valence-corrected chi connectivity index (χ3v) is 4.39. The summed E-state index contributed by atoms with van der Waals surface area (Å²) in [6.45, 7) is 1.66. The first-order valence-electron chi connectivity index (χ1n) is 8.14. The van der Waals surface area contributed by atoms with E-state index in [1.54, 1.807) is 6.92 Å². The Bertz CT molecular complexity index is 1380. The number of nitrogens with one attached hydrogen (secondary N) is 3. The number of hydrogen-bond donors (Lipinski definition) is 5. The molecule has 142 valence electrons. The zero-order valence-corrected chi connectivity index (χ0v) is 15.0. The van der Waals surface area contributed by atoms with Crippen molar-refractivity contribution in [1.82, 2.24) is 10.2 Å². The van der Waals surface area contributed by atoms with Crippen LogP contribution in [0.5, 0.6) is 5.75 Å². The van der Waals surface area contributed by atoms with Crippen molar-refractivity contribution in [3.8, 4) is 5.75 Å².